The molecule has 40 heavy (non-hydrogen) atoms. The molecule has 1 aliphatic heterocycles. The molecular formula is C28H55NO11. The second-order valence-electron chi connectivity index (χ2n) is 10.9. The van der Waals surface area contributed by atoms with Gasteiger partial charge in [-0.1, -0.05) is 90.4 Å². The molecule has 12 heteroatoms. The van der Waals surface area contributed by atoms with Crippen molar-refractivity contribution in [2.45, 2.75) is 152 Å². The Morgan fingerprint density at radius 2 is 1.27 bits per heavy atom. The second kappa shape index (κ2) is 21.7. The van der Waals surface area contributed by atoms with Gasteiger partial charge >= 0.3 is 0 Å². The maximum atomic E-state index is 12.4. The van der Waals surface area contributed by atoms with Gasteiger partial charge in [-0.3, -0.25) is 4.79 Å². The summed E-state index contributed by atoms with van der Waals surface area (Å²) in [6.45, 7) is 0.853. The fourth-order valence-electron chi connectivity index (χ4n) is 4.81. The van der Waals surface area contributed by atoms with Crippen molar-refractivity contribution in [3.8, 4) is 0 Å². The summed E-state index contributed by atoms with van der Waals surface area (Å²) < 4.78 is 10.5. The van der Waals surface area contributed by atoms with Gasteiger partial charge in [0.25, 0.3) is 5.91 Å². The molecule has 238 valence electrons. The predicted octanol–water partition coefficient (Wildman–Crippen LogP) is -0.156. The fraction of sp³-hybridized carbons (Fsp3) is 0.964. The Morgan fingerprint density at radius 1 is 0.775 bits per heavy atom. The van der Waals surface area contributed by atoms with E-state index in [-0.39, 0.29) is 6.54 Å². The van der Waals surface area contributed by atoms with E-state index in [0.29, 0.717) is 6.42 Å². The zero-order valence-corrected chi connectivity index (χ0v) is 24.0. The topological polar surface area (TPSA) is 209 Å². The van der Waals surface area contributed by atoms with E-state index >= 15 is 0 Å². The van der Waals surface area contributed by atoms with Crippen LogP contribution < -0.4 is 5.32 Å². The fourth-order valence-corrected chi connectivity index (χ4v) is 4.81. The smallest absolute Gasteiger partial charge is 0.251 e. The van der Waals surface area contributed by atoms with E-state index in [9.17, 15) is 45.6 Å². The third-order valence-electron chi connectivity index (χ3n) is 7.46. The van der Waals surface area contributed by atoms with Crippen LogP contribution in [0.3, 0.4) is 0 Å². The van der Waals surface area contributed by atoms with Crippen LogP contribution in [-0.4, -0.2) is 122 Å². The molecule has 0 radical (unpaired) electrons. The minimum Gasteiger partial charge on any atom is -0.394 e. The van der Waals surface area contributed by atoms with Gasteiger partial charge in [0, 0.05) is 6.54 Å². The maximum absolute atomic E-state index is 12.4. The number of nitrogens with one attached hydrogen (secondary N) is 1. The monoisotopic (exact) mass is 581 g/mol. The number of aliphatic hydroxyl groups excluding tert-OH is 8. The van der Waals surface area contributed by atoms with Crippen molar-refractivity contribution in [3.63, 3.8) is 0 Å². The largest absolute Gasteiger partial charge is 0.394 e. The third kappa shape index (κ3) is 13.4. The van der Waals surface area contributed by atoms with E-state index in [1.54, 1.807) is 0 Å². The van der Waals surface area contributed by atoms with E-state index < -0.39 is 74.2 Å². The Balaban J connectivity index is 2.32. The van der Waals surface area contributed by atoms with Gasteiger partial charge in [0.15, 0.2) is 12.4 Å². The highest BCUT2D eigenvalue weighted by Crippen LogP contribution is 2.25. The Hall–Kier alpha value is -0.930. The molecule has 1 fully saturated rings. The van der Waals surface area contributed by atoms with Gasteiger partial charge in [-0.2, -0.15) is 0 Å². The zero-order chi connectivity index (χ0) is 29.9. The number of amides is 1. The van der Waals surface area contributed by atoms with Gasteiger partial charge in [-0.15, -0.1) is 0 Å². The van der Waals surface area contributed by atoms with Crippen LogP contribution in [0.1, 0.15) is 96.8 Å². The van der Waals surface area contributed by atoms with Crippen LogP contribution in [0.4, 0.5) is 0 Å². The first-order valence-electron chi connectivity index (χ1n) is 15.1. The molecule has 1 rings (SSSR count). The van der Waals surface area contributed by atoms with E-state index in [1.807, 2.05) is 0 Å². The van der Waals surface area contributed by atoms with Crippen LogP contribution in [0, 0.1) is 0 Å². The molecule has 1 aliphatic rings. The van der Waals surface area contributed by atoms with Gasteiger partial charge in [0.05, 0.1) is 13.2 Å². The maximum Gasteiger partial charge on any atom is 0.251 e. The van der Waals surface area contributed by atoms with Crippen LogP contribution in [0.15, 0.2) is 0 Å². The van der Waals surface area contributed by atoms with Crippen molar-refractivity contribution in [3.05, 3.63) is 0 Å². The first-order valence-corrected chi connectivity index (χ1v) is 15.1. The highest BCUT2D eigenvalue weighted by Gasteiger charge is 2.47. The molecule has 0 aromatic rings. The summed E-state index contributed by atoms with van der Waals surface area (Å²) in [5.74, 6) is -0.908. The molecule has 0 aliphatic carbocycles. The molecule has 0 spiro atoms. The molecule has 0 saturated carbocycles. The van der Waals surface area contributed by atoms with Gasteiger partial charge in [0.2, 0.25) is 0 Å². The number of hydrogen-bond donors (Lipinski definition) is 9. The molecule has 9 N–H and O–H groups in total. The lowest BCUT2D eigenvalue weighted by Crippen LogP contribution is -2.62. The number of carbonyl (C=O) groups excluding carboxylic acids is 1. The molecule has 1 amide bonds. The van der Waals surface area contributed by atoms with Crippen molar-refractivity contribution in [2.24, 2.45) is 0 Å². The average molecular weight is 582 g/mol. The Morgan fingerprint density at radius 3 is 1.75 bits per heavy atom. The second-order valence-corrected chi connectivity index (χ2v) is 10.9. The Labute approximate surface area is 238 Å². The van der Waals surface area contributed by atoms with Gasteiger partial charge in [-0.25, -0.2) is 0 Å². The first kappa shape index (κ1) is 37.1. The lowest BCUT2D eigenvalue weighted by atomic mass is 9.98. The molecule has 1 heterocycles. The van der Waals surface area contributed by atoms with E-state index in [1.165, 1.54) is 64.2 Å². The van der Waals surface area contributed by atoms with Gasteiger partial charge < -0.3 is 55.6 Å². The third-order valence-corrected chi connectivity index (χ3v) is 7.46. The van der Waals surface area contributed by atoms with Crippen LogP contribution in [0.5, 0.6) is 0 Å². The van der Waals surface area contributed by atoms with Crippen LogP contribution in [0.25, 0.3) is 0 Å². The summed E-state index contributed by atoms with van der Waals surface area (Å²) in [6.07, 6.45) is 0.720. The van der Waals surface area contributed by atoms with E-state index in [2.05, 4.69) is 12.2 Å². The quantitative estimate of drug-likeness (QED) is 0.0724. The highest BCUT2D eigenvalue weighted by molar-refractivity contribution is 5.81. The molecule has 0 aromatic heterocycles. The summed E-state index contributed by atoms with van der Waals surface area (Å²) in [5.41, 5.74) is 0. The number of aliphatic hydroxyl groups is 8. The van der Waals surface area contributed by atoms with Crippen LogP contribution in [0.2, 0.25) is 0 Å². The summed E-state index contributed by atoms with van der Waals surface area (Å²) in [7, 11) is 0. The molecular weight excluding hydrogens is 526 g/mol. The number of carbonyl (C=O) groups is 1. The standard InChI is InChI=1S/C28H55NO11/c1-2-3-4-5-6-7-8-9-10-11-12-13-14-15-16-29-27(38)24(36)23(35)26(19(32)17-30)40-28-25(37)22(34)21(33)20(18-31)39-28/h19-26,28,30-37H,2-18H2,1H3,(H,29,38). The molecule has 0 aromatic carbocycles. The summed E-state index contributed by atoms with van der Waals surface area (Å²) in [4.78, 5) is 12.4. The van der Waals surface area contributed by atoms with Crippen LogP contribution in [-0.2, 0) is 14.3 Å². The minimum absolute atomic E-state index is 0.279. The molecule has 9 unspecified atom stereocenters. The van der Waals surface area contributed by atoms with Crippen molar-refractivity contribution in [1.29, 1.82) is 0 Å². The van der Waals surface area contributed by atoms with Gasteiger partial charge in [0.1, 0.15) is 42.7 Å². The molecule has 1 saturated heterocycles. The first-order chi connectivity index (χ1) is 19.2. The summed E-state index contributed by atoms with van der Waals surface area (Å²) in [6, 6.07) is 0. The van der Waals surface area contributed by atoms with Gasteiger partial charge in [-0.05, 0) is 6.42 Å². The van der Waals surface area contributed by atoms with Crippen molar-refractivity contribution < 1.29 is 55.1 Å². The Kier molecular flexibility index (Phi) is 20.1. The summed E-state index contributed by atoms with van der Waals surface area (Å²) in [5, 5.41) is 82.1. The van der Waals surface area contributed by atoms with Crippen molar-refractivity contribution >= 4 is 5.91 Å². The SMILES string of the molecule is CCCCCCCCCCCCCCCCNC(=O)C(O)C(O)C(OC1OC(CO)C(O)C(O)C1O)C(O)CO. The molecule has 12 nitrogen and oxygen atoms in total. The number of unbranched alkanes of at least 4 members (excludes halogenated alkanes) is 13. The zero-order valence-electron chi connectivity index (χ0n) is 24.0. The predicted molar refractivity (Wildman–Crippen MR) is 147 cm³/mol. The number of hydrogen-bond acceptors (Lipinski definition) is 11. The van der Waals surface area contributed by atoms with Crippen molar-refractivity contribution in [1.82, 2.24) is 5.32 Å². The lowest BCUT2D eigenvalue weighted by molar-refractivity contribution is -0.326. The van der Waals surface area contributed by atoms with E-state index in [4.69, 9.17) is 9.47 Å². The number of rotatable bonds is 23. The van der Waals surface area contributed by atoms with E-state index in [0.717, 1.165) is 19.3 Å². The average Bonchev–Trinajstić information content (AvgIpc) is 2.96. The lowest BCUT2D eigenvalue weighted by Gasteiger charge is -2.42. The normalized spacial score (nSPS) is 26.3. The van der Waals surface area contributed by atoms with Crippen molar-refractivity contribution in [2.75, 3.05) is 19.8 Å². The minimum atomic E-state index is -2.04. The molecule has 0 bridgehead atoms. The highest BCUT2D eigenvalue weighted by atomic mass is 16.7. The summed E-state index contributed by atoms with van der Waals surface area (Å²) >= 11 is 0. The molecule has 9 atom stereocenters. The Bertz CT molecular complexity index is 641. The number of ether oxygens (including phenoxy) is 2. The van der Waals surface area contributed by atoms with Crippen LogP contribution >= 0.6 is 0 Å².